The monoisotopic (exact) mass is 237 g/mol. The Hall–Kier alpha value is -0.550. The summed E-state index contributed by atoms with van der Waals surface area (Å²) in [4.78, 5) is 0. The maximum absolute atomic E-state index is 9.42. The minimum Gasteiger partial charge on any atom is -0.376 e. The van der Waals surface area contributed by atoms with Crippen molar-refractivity contribution in [1.29, 1.82) is 5.26 Å². The molecule has 2 heteroatoms. The summed E-state index contributed by atoms with van der Waals surface area (Å²) in [6.07, 6.45) is 6.74. The van der Waals surface area contributed by atoms with E-state index >= 15 is 0 Å². The van der Waals surface area contributed by atoms with Gasteiger partial charge in [0.15, 0.2) is 0 Å². The van der Waals surface area contributed by atoms with E-state index in [9.17, 15) is 5.26 Å². The Labute approximate surface area is 106 Å². The molecule has 1 fully saturated rings. The fraction of sp³-hybridized carbons (Fsp3) is 0.933. The number of hydrogen-bond donors (Lipinski definition) is 0. The number of hydrogen-bond acceptors (Lipinski definition) is 2. The molecule has 0 aromatic heterocycles. The Morgan fingerprint density at radius 2 is 1.88 bits per heavy atom. The van der Waals surface area contributed by atoms with E-state index in [1.165, 1.54) is 19.3 Å². The molecule has 0 bridgehead atoms. The van der Waals surface area contributed by atoms with Crippen molar-refractivity contribution in [2.24, 2.45) is 11.3 Å². The zero-order valence-electron chi connectivity index (χ0n) is 11.9. The highest BCUT2D eigenvalue weighted by molar-refractivity contribution is 5.01. The van der Waals surface area contributed by atoms with Crippen LogP contribution in [0.5, 0.6) is 0 Å². The van der Waals surface area contributed by atoms with Gasteiger partial charge >= 0.3 is 0 Å². The summed E-state index contributed by atoms with van der Waals surface area (Å²) in [5.74, 6) is 0.847. The molecule has 0 heterocycles. The van der Waals surface area contributed by atoms with E-state index in [4.69, 9.17) is 4.74 Å². The molecule has 1 rings (SSSR count). The molecule has 0 radical (unpaired) electrons. The molecule has 0 spiro atoms. The van der Waals surface area contributed by atoms with Gasteiger partial charge in [0, 0.05) is 6.61 Å². The van der Waals surface area contributed by atoms with Crippen LogP contribution in [0.1, 0.15) is 66.2 Å². The zero-order valence-corrected chi connectivity index (χ0v) is 11.9. The summed E-state index contributed by atoms with van der Waals surface area (Å²) in [7, 11) is 0. The van der Waals surface area contributed by atoms with Crippen molar-refractivity contribution in [2.75, 3.05) is 6.61 Å². The molecule has 17 heavy (non-hydrogen) atoms. The van der Waals surface area contributed by atoms with E-state index in [1.807, 2.05) is 0 Å². The fourth-order valence-electron chi connectivity index (χ4n) is 2.61. The predicted octanol–water partition coefficient (Wildman–Crippen LogP) is 4.30. The highest BCUT2D eigenvalue weighted by Gasteiger charge is 2.34. The van der Waals surface area contributed by atoms with E-state index in [1.54, 1.807) is 0 Å². The van der Waals surface area contributed by atoms with Crippen LogP contribution in [0.15, 0.2) is 0 Å². The Morgan fingerprint density at radius 1 is 1.29 bits per heavy atom. The van der Waals surface area contributed by atoms with Gasteiger partial charge in [-0.25, -0.2) is 0 Å². The number of ether oxygens (including phenoxy) is 1. The van der Waals surface area contributed by atoms with Crippen LogP contribution in [-0.2, 0) is 4.74 Å². The molecule has 98 valence electrons. The third-order valence-electron chi connectivity index (χ3n) is 3.99. The van der Waals surface area contributed by atoms with Gasteiger partial charge in [-0.1, -0.05) is 13.3 Å². The fourth-order valence-corrected chi connectivity index (χ4v) is 2.61. The van der Waals surface area contributed by atoms with Crippen LogP contribution in [0.4, 0.5) is 0 Å². The quantitative estimate of drug-likeness (QED) is 0.730. The Kier molecular flexibility index (Phi) is 5.01. The van der Waals surface area contributed by atoms with Crippen LogP contribution in [0.2, 0.25) is 0 Å². The van der Waals surface area contributed by atoms with Crippen molar-refractivity contribution in [1.82, 2.24) is 0 Å². The second-order valence-electron chi connectivity index (χ2n) is 6.45. The van der Waals surface area contributed by atoms with Crippen molar-refractivity contribution in [2.45, 2.75) is 71.8 Å². The van der Waals surface area contributed by atoms with Crippen molar-refractivity contribution in [3.8, 4) is 6.07 Å². The van der Waals surface area contributed by atoms with Gasteiger partial charge in [0.25, 0.3) is 0 Å². The van der Waals surface area contributed by atoms with Gasteiger partial charge in [0.2, 0.25) is 0 Å². The van der Waals surface area contributed by atoms with Gasteiger partial charge in [-0.3, -0.25) is 0 Å². The van der Waals surface area contributed by atoms with Crippen molar-refractivity contribution >= 4 is 0 Å². The van der Waals surface area contributed by atoms with Gasteiger partial charge in [0.05, 0.1) is 17.1 Å². The normalized spacial score (nSPS) is 29.9. The number of nitriles is 1. The lowest BCUT2D eigenvalue weighted by Gasteiger charge is -2.35. The molecule has 0 unspecified atom stereocenters. The van der Waals surface area contributed by atoms with E-state index in [0.29, 0.717) is 6.61 Å². The molecule has 1 aliphatic carbocycles. The van der Waals surface area contributed by atoms with Crippen molar-refractivity contribution in [3.05, 3.63) is 0 Å². The van der Waals surface area contributed by atoms with Crippen molar-refractivity contribution < 1.29 is 4.74 Å². The van der Waals surface area contributed by atoms with E-state index < -0.39 is 0 Å². The molecule has 0 atom stereocenters. The summed E-state index contributed by atoms with van der Waals surface area (Å²) in [6.45, 7) is 9.18. The summed E-state index contributed by atoms with van der Waals surface area (Å²) in [6, 6.07) is 2.57. The molecule has 1 saturated carbocycles. The highest BCUT2D eigenvalue weighted by atomic mass is 16.5. The Bertz CT molecular complexity index is 264. The lowest BCUT2D eigenvalue weighted by molar-refractivity contribution is -0.0182. The van der Waals surface area contributed by atoms with Crippen LogP contribution in [0, 0.1) is 22.7 Å². The van der Waals surface area contributed by atoms with Crippen LogP contribution >= 0.6 is 0 Å². The average molecular weight is 237 g/mol. The highest BCUT2D eigenvalue weighted by Crippen LogP contribution is 2.42. The van der Waals surface area contributed by atoms with E-state index in [0.717, 1.165) is 25.2 Å². The van der Waals surface area contributed by atoms with Crippen LogP contribution in [-0.4, -0.2) is 12.2 Å². The van der Waals surface area contributed by atoms with Gasteiger partial charge in [-0.05, 0) is 58.8 Å². The summed E-state index contributed by atoms with van der Waals surface area (Å²) in [5, 5.41) is 9.42. The summed E-state index contributed by atoms with van der Waals surface area (Å²) in [5.41, 5.74) is -0.186. The topological polar surface area (TPSA) is 33.0 Å². The molecule has 2 nitrogen and oxygen atoms in total. The van der Waals surface area contributed by atoms with Gasteiger partial charge in [0.1, 0.15) is 0 Å². The maximum atomic E-state index is 9.42. The van der Waals surface area contributed by atoms with Gasteiger partial charge in [-0.2, -0.15) is 5.26 Å². The lowest BCUT2D eigenvalue weighted by Crippen LogP contribution is -2.29. The average Bonchev–Trinajstić information content (AvgIpc) is 2.28. The second kappa shape index (κ2) is 5.87. The van der Waals surface area contributed by atoms with Crippen LogP contribution < -0.4 is 0 Å². The minimum absolute atomic E-state index is 0.0860. The molecule has 0 aromatic carbocycles. The first-order valence-corrected chi connectivity index (χ1v) is 6.96. The summed E-state index contributed by atoms with van der Waals surface area (Å²) < 4.78 is 5.76. The first-order valence-electron chi connectivity index (χ1n) is 6.96. The maximum Gasteiger partial charge on any atom is 0.0690 e. The van der Waals surface area contributed by atoms with E-state index in [-0.39, 0.29) is 11.0 Å². The molecule has 0 aliphatic heterocycles. The van der Waals surface area contributed by atoms with Crippen LogP contribution in [0.3, 0.4) is 0 Å². The first-order chi connectivity index (χ1) is 7.91. The third kappa shape index (κ3) is 4.68. The number of rotatable bonds is 4. The minimum atomic E-state index is -0.100. The summed E-state index contributed by atoms with van der Waals surface area (Å²) >= 11 is 0. The molecule has 0 N–H and O–H groups in total. The zero-order chi connectivity index (χ0) is 12.9. The smallest absolute Gasteiger partial charge is 0.0690 e. The Morgan fingerprint density at radius 3 is 2.29 bits per heavy atom. The van der Waals surface area contributed by atoms with E-state index in [2.05, 4.69) is 33.8 Å². The van der Waals surface area contributed by atoms with Crippen LogP contribution in [0.25, 0.3) is 0 Å². The van der Waals surface area contributed by atoms with Gasteiger partial charge < -0.3 is 4.74 Å². The third-order valence-corrected chi connectivity index (χ3v) is 3.99. The van der Waals surface area contributed by atoms with Crippen molar-refractivity contribution in [3.63, 3.8) is 0 Å². The largest absolute Gasteiger partial charge is 0.376 e. The number of nitrogens with zero attached hydrogens (tertiary/aromatic N) is 1. The molecule has 0 saturated heterocycles. The second-order valence-corrected chi connectivity index (χ2v) is 6.45. The Balaban J connectivity index is 2.41. The molecular formula is C15H27NO. The predicted molar refractivity (Wildman–Crippen MR) is 70.6 cm³/mol. The van der Waals surface area contributed by atoms with Gasteiger partial charge in [-0.15, -0.1) is 0 Å². The molecule has 0 amide bonds. The SMILES string of the molecule is CCC1CCC(C#N)(CCOC(C)(C)C)CC1. The molecular weight excluding hydrogens is 210 g/mol. The standard InChI is InChI=1S/C15H27NO/c1-5-13-6-8-15(12-16,9-7-13)10-11-17-14(2,3)4/h13H,5-11H2,1-4H3. The molecule has 1 aliphatic rings. The first kappa shape index (κ1) is 14.5. The lowest BCUT2D eigenvalue weighted by atomic mass is 9.69. The molecule has 0 aromatic rings.